The maximum atomic E-state index is 12.3. The van der Waals surface area contributed by atoms with E-state index in [0.29, 0.717) is 25.1 Å². The molecular formula is C13H21N3O4S2. The minimum absolute atomic E-state index is 0.00617. The molecule has 1 aliphatic rings. The lowest BCUT2D eigenvalue weighted by Crippen LogP contribution is -2.54. The smallest absolute Gasteiger partial charge is 0.317 e. The van der Waals surface area contributed by atoms with Gasteiger partial charge < -0.3 is 5.11 Å². The van der Waals surface area contributed by atoms with E-state index in [1.165, 1.54) is 11.3 Å². The van der Waals surface area contributed by atoms with Crippen LogP contribution >= 0.6 is 11.3 Å². The molecule has 2 rings (SSSR count). The van der Waals surface area contributed by atoms with Gasteiger partial charge in [-0.25, -0.2) is 18.1 Å². The summed E-state index contributed by atoms with van der Waals surface area (Å²) < 4.78 is 27.7. The zero-order chi connectivity index (χ0) is 16.5. The van der Waals surface area contributed by atoms with E-state index in [0.717, 1.165) is 5.01 Å². The molecule has 1 aromatic rings. The second-order valence-electron chi connectivity index (χ2n) is 5.51. The highest BCUT2D eigenvalue weighted by atomic mass is 32.2. The number of aromatic nitrogens is 1. The van der Waals surface area contributed by atoms with Gasteiger partial charge in [-0.05, 0) is 33.2 Å². The standard InChI is InChI=1S/C13H21N3O4S2/c1-4-16(7-12(17)18)11-5-10(6-11)15-22(19,20)13-8(2)14-9(3)21-13/h10-11,15H,4-7H2,1-3H3,(H,17,18). The monoisotopic (exact) mass is 347 g/mol. The number of aliphatic carboxylic acids is 1. The molecule has 0 atom stereocenters. The Morgan fingerprint density at radius 1 is 1.45 bits per heavy atom. The van der Waals surface area contributed by atoms with Gasteiger partial charge in [-0.2, -0.15) is 0 Å². The van der Waals surface area contributed by atoms with Crippen LogP contribution in [0.5, 0.6) is 0 Å². The number of carboxylic acid groups (broad SMARTS) is 1. The highest BCUT2D eigenvalue weighted by Gasteiger charge is 2.37. The average Bonchev–Trinajstić information content (AvgIpc) is 2.70. The van der Waals surface area contributed by atoms with Gasteiger partial charge in [0.15, 0.2) is 4.21 Å². The van der Waals surface area contributed by atoms with E-state index < -0.39 is 16.0 Å². The molecule has 1 fully saturated rings. The lowest BCUT2D eigenvalue weighted by atomic mass is 9.86. The van der Waals surface area contributed by atoms with E-state index >= 15 is 0 Å². The molecule has 7 nitrogen and oxygen atoms in total. The van der Waals surface area contributed by atoms with Crippen LogP contribution in [-0.4, -0.2) is 54.6 Å². The molecule has 1 heterocycles. The van der Waals surface area contributed by atoms with E-state index in [2.05, 4.69) is 9.71 Å². The minimum Gasteiger partial charge on any atom is -0.480 e. The molecule has 0 spiro atoms. The molecule has 0 aliphatic heterocycles. The first kappa shape index (κ1) is 17.3. The molecule has 0 radical (unpaired) electrons. The van der Waals surface area contributed by atoms with Crippen LogP contribution in [-0.2, 0) is 14.8 Å². The fraction of sp³-hybridized carbons (Fsp3) is 0.692. The first-order valence-corrected chi connectivity index (χ1v) is 9.45. The van der Waals surface area contributed by atoms with Crippen LogP contribution in [0.2, 0.25) is 0 Å². The summed E-state index contributed by atoms with van der Waals surface area (Å²) in [6, 6.07) is -0.0160. The molecule has 0 bridgehead atoms. The van der Waals surface area contributed by atoms with Gasteiger partial charge in [-0.15, -0.1) is 11.3 Å². The second-order valence-corrected chi connectivity index (χ2v) is 8.62. The van der Waals surface area contributed by atoms with Crippen molar-refractivity contribution < 1.29 is 18.3 Å². The molecule has 1 aromatic heterocycles. The lowest BCUT2D eigenvalue weighted by molar-refractivity contribution is -0.139. The summed E-state index contributed by atoms with van der Waals surface area (Å²) in [5, 5.41) is 9.58. The zero-order valence-corrected chi connectivity index (χ0v) is 14.5. The summed E-state index contributed by atoms with van der Waals surface area (Å²) in [6.45, 7) is 6.01. The Morgan fingerprint density at radius 2 is 2.09 bits per heavy atom. The highest BCUT2D eigenvalue weighted by Crippen LogP contribution is 2.29. The fourth-order valence-electron chi connectivity index (χ4n) is 2.69. The van der Waals surface area contributed by atoms with Crippen LogP contribution in [0.25, 0.3) is 0 Å². The fourth-order valence-corrected chi connectivity index (χ4v) is 5.45. The van der Waals surface area contributed by atoms with E-state index in [4.69, 9.17) is 5.11 Å². The van der Waals surface area contributed by atoms with Crippen LogP contribution in [0.4, 0.5) is 0 Å². The predicted molar refractivity (Wildman–Crippen MR) is 83.6 cm³/mol. The highest BCUT2D eigenvalue weighted by molar-refractivity contribution is 7.91. The molecule has 1 aliphatic carbocycles. The average molecular weight is 347 g/mol. The van der Waals surface area contributed by atoms with E-state index in [-0.39, 0.29) is 22.8 Å². The Labute approximate surface area is 134 Å². The topological polar surface area (TPSA) is 99.6 Å². The minimum atomic E-state index is -3.54. The van der Waals surface area contributed by atoms with Gasteiger partial charge in [0.2, 0.25) is 0 Å². The first-order valence-electron chi connectivity index (χ1n) is 7.15. The van der Waals surface area contributed by atoms with Crippen LogP contribution in [0.15, 0.2) is 4.21 Å². The van der Waals surface area contributed by atoms with Crippen molar-refractivity contribution in [1.29, 1.82) is 0 Å². The largest absolute Gasteiger partial charge is 0.480 e. The van der Waals surface area contributed by atoms with Crippen molar-refractivity contribution in [1.82, 2.24) is 14.6 Å². The van der Waals surface area contributed by atoms with Crippen molar-refractivity contribution in [3.63, 3.8) is 0 Å². The Balaban J connectivity index is 1.94. The third-order valence-corrected chi connectivity index (χ3v) is 7.00. The van der Waals surface area contributed by atoms with Crippen molar-refractivity contribution in [2.75, 3.05) is 13.1 Å². The number of nitrogens with zero attached hydrogens (tertiary/aromatic N) is 2. The quantitative estimate of drug-likeness (QED) is 0.763. The van der Waals surface area contributed by atoms with Gasteiger partial charge in [-0.1, -0.05) is 6.92 Å². The number of hydrogen-bond acceptors (Lipinski definition) is 6. The number of thiazole rings is 1. The van der Waals surface area contributed by atoms with E-state index in [9.17, 15) is 13.2 Å². The van der Waals surface area contributed by atoms with Gasteiger partial charge in [0.05, 0.1) is 17.2 Å². The van der Waals surface area contributed by atoms with Gasteiger partial charge in [-0.3, -0.25) is 9.69 Å². The Kier molecular flexibility index (Phi) is 5.21. The summed E-state index contributed by atoms with van der Waals surface area (Å²) in [4.78, 5) is 16.8. The second kappa shape index (κ2) is 6.61. The van der Waals surface area contributed by atoms with E-state index in [1.807, 2.05) is 11.8 Å². The normalized spacial score (nSPS) is 21.8. The number of likely N-dealkylation sites (N-methyl/N-ethyl adjacent to an activating group) is 1. The Hall–Kier alpha value is -1.03. The van der Waals surface area contributed by atoms with Crippen molar-refractivity contribution >= 4 is 27.3 Å². The molecule has 9 heteroatoms. The first-order chi connectivity index (χ1) is 10.2. The number of rotatable bonds is 7. The number of sulfonamides is 1. The number of hydrogen-bond donors (Lipinski definition) is 2. The summed E-state index contributed by atoms with van der Waals surface area (Å²) in [5.41, 5.74) is 0.520. The molecule has 2 N–H and O–H groups in total. The number of aryl methyl sites for hydroxylation is 2. The van der Waals surface area contributed by atoms with Crippen LogP contribution in [0.3, 0.4) is 0 Å². The summed E-state index contributed by atoms with van der Waals surface area (Å²) >= 11 is 1.17. The summed E-state index contributed by atoms with van der Waals surface area (Å²) in [5.74, 6) is -0.860. The molecular weight excluding hydrogens is 326 g/mol. The molecule has 1 saturated carbocycles. The van der Waals surface area contributed by atoms with Gasteiger partial charge in [0.1, 0.15) is 0 Å². The van der Waals surface area contributed by atoms with E-state index in [1.54, 1.807) is 13.8 Å². The molecule has 0 unspecified atom stereocenters. The number of carbonyl (C=O) groups is 1. The Bertz CT molecular complexity index is 650. The maximum Gasteiger partial charge on any atom is 0.317 e. The summed E-state index contributed by atoms with van der Waals surface area (Å²) in [6.07, 6.45) is 1.27. The SMILES string of the molecule is CCN(CC(=O)O)C1CC(NS(=O)(=O)c2sc(C)nc2C)C1. The van der Waals surface area contributed by atoms with Crippen molar-refractivity contribution in [2.24, 2.45) is 0 Å². The third-order valence-electron chi connectivity index (χ3n) is 3.80. The maximum absolute atomic E-state index is 12.3. The van der Waals surface area contributed by atoms with Crippen LogP contribution < -0.4 is 4.72 Å². The lowest BCUT2D eigenvalue weighted by Gasteiger charge is -2.41. The van der Waals surface area contributed by atoms with Crippen LogP contribution in [0, 0.1) is 13.8 Å². The van der Waals surface area contributed by atoms with Gasteiger partial charge >= 0.3 is 5.97 Å². The molecule has 0 amide bonds. The molecule has 124 valence electrons. The summed E-state index contributed by atoms with van der Waals surface area (Å²) in [7, 11) is -3.54. The molecule has 0 aromatic carbocycles. The van der Waals surface area contributed by atoms with Crippen molar-refractivity contribution in [3.05, 3.63) is 10.7 Å². The molecule has 0 saturated heterocycles. The van der Waals surface area contributed by atoms with Crippen LogP contribution in [0.1, 0.15) is 30.5 Å². The zero-order valence-electron chi connectivity index (χ0n) is 12.9. The third kappa shape index (κ3) is 3.83. The number of nitrogens with one attached hydrogen (secondary N) is 1. The van der Waals surface area contributed by atoms with Crippen molar-refractivity contribution in [2.45, 2.75) is 49.9 Å². The van der Waals surface area contributed by atoms with Gasteiger partial charge in [0, 0.05) is 12.1 Å². The Morgan fingerprint density at radius 3 is 2.55 bits per heavy atom. The van der Waals surface area contributed by atoms with Crippen molar-refractivity contribution in [3.8, 4) is 0 Å². The van der Waals surface area contributed by atoms with Gasteiger partial charge in [0.25, 0.3) is 10.0 Å². The molecule has 22 heavy (non-hydrogen) atoms. The predicted octanol–water partition coefficient (Wildman–Crippen LogP) is 0.976. The number of carboxylic acids is 1.